The molecular weight excluding hydrogens is 406 g/mol. The zero-order valence-corrected chi connectivity index (χ0v) is 18.4. The number of nitrogens with one attached hydrogen (secondary N) is 3. The molecule has 7 nitrogen and oxygen atoms in total. The maximum atomic E-state index is 12.5. The Hall–Kier alpha value is -2.64. The summed E-state index contributed by atoms with van der Waals surface area (Å²) in [6, 6.07) is 5.89. The van der Waals surface area contributed by atoms with Crippen LogP contribution in [0.1, 0.15) is 49.7 Å². The van der Waals surface area contributed by atoms with Crippen molar-refractivity contribution in [3.8, 4) is 5.75 Å². The molecule has 3 aliphatic rings. The van der Waals surface area contributed by atoms with Gasteiger partial charge in [0.05, 0.1) is 11.5 Å². The molecule has 0 radical (unpaired) electrons. The molecule has 4 N–H and O–H groups in total. The minimum absolute atomic E-state index is 0.104. The first-order valence-electron chi connectivity index (χ1n) is 11.7. The summed E-state index contributed by atoms with van der Waals surface area (Å²) in [6.07, 6.45) is 11.0. The van der Waals surface area contributed by atoms with Crippen molar-refractivity contribution in [1.82, 2.24) is 16.0 Å². The largest absolute Gasteiger partial charge is 0.489 e. The van der Waals surface area contributed by atoms with Crippen molar-refractivity contribution < 1.29 is 19.4 Å². The Labute approximate surface area is 189 Å². The van der Waals surface area contributed by atoms with Crippen LogP contribution in [0.3, 0.4) is 0 Å². The number of hydrogen-bond donors (Lipinski definition) is 4. The van der Waals surface area contributed by atoms with Crippen molar-refractivity contribution in [3.05, 3.63) is 47.6 Å². The van der Waals surface area contributed by atoms with Crippen LogP contribution >= 0.6 is 0 Å². The van der Waals surface area contributed by atoms with Crippen molar-refractivity contribution in [2.24, 2.45) is 0 Å². The number of amides is 2. The fourth-order valence-corrected chi connectivity index (χ4v) is 4.81. The molecule has 0 unspecified atom stereocenters. The van der Waals surface area contributed by atoms with E-state index >= 15 is 0 Å². The molecule has 1 saturated carbocycles. The van der Waals surface area contributed by atoms with Crippen LogP contribution in [0.15, 0.2) is 36.4 Å². The molecule has 4 rings (SSSR count). The first kappa shape index (κ1) is 22.6. The summed E-state index contributed by atoms with van der Waals surface area (Å²) in [5.74, 6) is 0.569. The number of carbonyl (C=O) groups excluding carboxylic acids is 2. The van der Waals surface area contributed by atoms with Crippen LogP contribution in [-0.4, -0.2) is 55.3 Å². The molecule has 0 aromatic heterocycles. The Morgan fingerprint density at radius 3 is 2.56 bits per heavy atom. The van der Waals surface area contributed by atoms with Gasteiger partial charge >= 0.3 is 0 Å². The third-order valence-electron chi connectivity index (χ3n) is 6.59. The lowest BCUT2D eigenvalue weighted by atomic mass is 9.67. The van der Waals surface area contributed by atoms with E-state index in [0.29, 0.717) is 32.4 Å². The second-order valence-corrected chi connectivity index (χ2v) is 8.89. The smallest absolute Gasteiger partial charge is 0.243 e. The molecule has 2 bridgehead atoms. The average Bonchev–Trinajstić information content (AvgIpc) is 3.10. The van der Waals surface area contributed by atoms with Crippen LogP contribution in [0.2, 0.25) is 0 Å². The van der Waals surface area contributed by atoms with Gasteiger partial charge in [0.15, 0.2) is 0 Å². The van der Waals surface area contributed by atoms with E-state index in [4.69, 9.17) is 4.74 Å². The number of rotatable bonds is 0. The number of benzene rings is 1. The standard InChI is InChI=1S/C25H33N3O4/c29-19-8-10-25-11-9-24(31)27-14-2-1-12-26-13-3-15-28-23(30)7-5-18-4-6-21(20(25)16-18)32-22(25)17-19/h4-7,9,11,16,19,22,26,29H,1-3,8,10,12-15,17H2,(H,27,31)(H,28,30)/b7-5+,11-9+/t19-,22-,25+/m1/s1. The van der Waals surface area contributed by atoms with E-state index in [2.05, 4.69) is 16.0 Å². The third kappa shape index (κ3) is 5.22. The van der Waals surface area contributed by atoms with Crippen LogP contribution in [0.4, 0.5) is 0 Å². The second kappa shape index (κ2) is 10.3. The zero-order valence-electron chi connectivity index (χ0n) is 18.4. The number of carbonyl (C=O) groups is 2. The molecule has 1 fully saturated rings. The van der Waals surface area contributed by atoms with E-state index in [1.807, 2.05) is 24.3 Å². The topological polar surface area (TPSA) is 99.7 Å². The summed E-state index contributed by atoms with van der Waals surface area (Å²) >= 11 is 0. The van der Waals surface area contributed by atoms with E-state index in [0.717, 1.165) is 49.2 Å². The molecule has 1 aromatic carbocycles. The van der Waals surface area contributed by atoms with Gasteiger partial charge in [0.25, 0.3) is 0 Å². The number of fused-ring (bicyclic) bond motifs is 1. The summed E-state index contributed by atoms with van der Waals surface area (Å²) in [6.45, 7) is 3.00. The average molecular weight is 440 g/mol. The van der Waals surface area contributed by atoms with Crippen LogP contribution in [0.25, 0.3) is 6.08 Å². The molecule has 1 aliphatic carbocycles. The predicted molar refractivity (Wildman–Crippen MR) is 123 cm³/mol. The molecule has 1 spiro atoms. The first-order valence-corrected chi connectivity index (χ1v) is 11.7. The summed E-state index contributed by atoms with van der Waals surface area (Å²) in [5.41, 5.74) is 1.46. The molecular formula is C25H33N3O4. The third-order valence-corrected chi connectivity index (χ3v) is 6.59. The highest BCUT2D eigenvalue weighted by molar-refractivity contribution is 5.91. The van der Waals surface area contributed by atoms with E-state index in [1.54, 1.807) is 18.2 Å². The molecule has 3 atom stereocenters. The summed E-state index contributed by atoms with van der Waals surface area (Å²) in [7, 11) is 0. The van der Waals surface area contributed by atoms with Crippen molar-refractivity contribution in [1.29, 1.82) is 0 Å². The molecule has 1 aromatic rings. The Balaban J connectivity index is 1.61. The monoisotopic (exact) mass is 439 g/mol. The summed E-state index contributed by atoms with van der Waals surface area (Å²) < 4.78 is 6.22. The highest BCUT2D eigenvalue weighted by Crippen LogP contribution is 2.51. The lowest BCUT2D eigenvalue weighted by molar-refractivity contribution is -0.117. The van der Waals surface area contributed by atoms with Crippen molar-refractivity contribution in [2.75, 3.05) is 26.2 Å². The lowest BCUT2D eigenvalue weighted by Crippen LogP contribution is -2.44. The Kier molecular flexibility index (Phi) is 7.27. The fourth-order valence-electron chi connectivity index (χ4n) is 4.81. The lowest BCUT2D eigenvalue weighted by Gasteiger charge is -2.38. The van der Waals surface area contributed by atoms with Crippen LogP contribution in [0.5, 0.6) is 5.75 Å². The molecule has 2 heterocycles. The van der Waals surface area contributed by atoms with Gasteiger partial charge in [-0.05, 0) is 75.0 Å². The van der Waals surface area contributed by atoms with Gasteiger partial charge < -0.3 is 25.8 Å². The molecule has 0 saturated heterocycles. The van der Waals surface area contributed by atoms with Crippen molar-refractivity contribution >= 4 is 17.9 Å². The zero-order chi connectivity index (χ0) is 22.4. The predicted octanol–water partition coefficient (Wildman–Crippen LogP) is 1.81. The van der Waals surface area contributed by atoms with Crippen molar-refractivity contribution in [3.63, 3.8) is 0 Å². The highest BCUT2D eigenvalue weighted by Gasteiger charge is 2.50. The van der Waals surface area contributed by atoms with E-state index in [-0.39, 0.29) is 17.9 Å². The van der Waals surface area contributed by atoms with E-state index in [9.17, 15) is 14.7 Å². The first-order chi connectivity index (χ1) is 15.6. The van der Waals surface area contributed by atoms with Gasteiger partial charge in [0.1, 0.15) is 11.9 Å². The summed E-state index contributed by atoms with van der Waals surface area (Å²) in [5, 5.41) is 19.5. The van der Waals surface area contributed by atoms with E-state index in [1.165, 1.54) is 0 Å². The van der Waals surface area contributed by atoms with Gasteiger partial charge in [0, 0.05) is 31.1 Å². The second-order valence-electron chi connectivity index (χ2n) is 8.89. The Bertz CT molecular complexity index is 897. The van der Waals surface area contributed by atoms with Gasteiger partial charge in [-0.3, -0.25) is 9.59 Å². The molecule has 7 heteroatoms. The van der Waals surface area contributed by atoms with Gasteiger partial charge in [-0.15, -0.1) is 0 Å². The van der Waals surface area contributed by atoms with Crippen LogP contribution < -0.4 is 20.7 Å². The highest BCUT2D eigenvalue weighted by atomic mass is 16.5. The van der Waals surface area contributed by atoms with Crippen LogP contribution in [0, 0.1) is 0 Å². The summed E-state index contributed by atoms with van der Waals surface area (Å²) in [4.78, 5) is 24.6. The molecule has 32 heavy (non-hydrogen) atoms. The molecule has 172 valence electrons. The maximum absolute atomic E-state index is 12.5. The fraction of sp³-hybridized carbons (Fsp3) is 0.520. The molecule has 2 aliphatic heterocycles. The SMILES string of the molecule is O=C1/C=C/[C@]23CC[C@@H](O)C[C@H]2Oc2ccc(cc23)/C=C/C(=O)NCCCNCCCCN1. The van der Waals surface area contributed by atoms with E-state index < -0.39 is 11.5 Å². The van der Waals surface area contributed by atoms with Gasteiger partial charge in [-0.2, -0.15) is 0 Å². The van der Waals surface area contributed by atoms with Crippen LogP contribution in [-0.2, 0) is 15.0 Å². The normalized spacial score (nSPS) is 31.4. The van der Waals surface area contributed by atoms with Gasteiger partial charge in [0.2, 0.25) is 11.8 Å². The Morgan fingerprint density at radius 1 is 0.938 bits per heavy atom. The van der Waals surface area contributed by atoms with Gasteiger partial charge in [-0.1, -0.05) is 12.1 Å². The number of ether oxygens (including phenoxy) is 1. The minimum atomic E-state index is -0.456. The maximum Gasteiger partial charge on any atom is 0.243 e. The number of aliphatic hydroxyl groups excluding tert-OH is 1. The molecule has 2 amide bonds. The number of hydrogen-bond acceptors (Lipinski definition) is 5. The van der Waals surface area contributed by atoms with Gasteiger partial charge in [-0.25, -0.2) is 0 Å². The quantitative estimate of drug-likeness (QED) is 0.494. The Morgan fingerprint density at radius 2 is 1.69 bits per heavy atom. The minimum Gasteiger partial charge on any atom is -0.489 e. The number of aliphatic hydroxyl groups is 1. The van der Waals surface area contributed by atoms with Crippen molar-refractivity contribution in [2.45, 2.75) is 56.1 Å².